The van der Waals surface area contributed by atoms with Crippen molar-refractivity contribution in [1.82, 2.24) is 0 Å². The van der Waals surface area contributed by atoms with Crippen molar-refractivity contribution in [2.75, 3.05) is 7.11 Å². The number of methoxy groups -OCH3 is 1. The van der Waals surface area contributed by atoms with Gasteiger partial charge in [-0.05, 0) is 31.4 Å². The molecule has 0 bridgehead atoms. The maximum absolute atomic E-state index is 11.0. The van der Waals surface area contributed by atoms with Crippen LogP contribution in [0.4, 0.5) is 0 Å². The van der Waals surface area contributed by atoms with E-state index >= 15 is 0 Å². The van der Waals surface area contributed by atoms with Crippen LogP contribution in [0.15, 0.2) is 24.3 Å². The highest BCUT2D eigenvalue weighted by molar-refractivity contribution is 5.76. The van der Waals surface area contributed by atoms with Crippen molar-refractivity contribution >= 4 is 5.97 Å². The summed E-state index contributed by atoms with van der Waals surface area (Å²) in [5.41, 5.74) is 1.92. The largest absolute Gasteiger partial charge is 0.481 e. The normalized spacial score (nSPS) is 14.4. The van der Waals surface area contributed by atoms with Gasteiger partial charge >= 0.3 is 5.97 Å². The van der Waals surface area contributed by atoms with Crippen molar-refractivity contribution in [3.63, 3.8) is 0 Å². The molecule has 3 nitrogen and oxygen atoms in total. The third kappa shape index (κ3) is 3.07. The van der Waals surface area contributed by atoms with Crippen LogP contribution < -0.4 is 0 Å². The van der Waals surface area contributed by atoms with E-state index in [2.05, 4.69) is 0 Å². The van der Waals surface area contributed by atoms with Crippen LogP contribution in [0.1, 0.15) is 30.9 Å². The minimum absolute atomic E-state index is 0.0992. The molecule has 88 valence electrons. The number of carboxylic acid groups (broad SMARTS) is 1. The topological polar surface area (TPSA) is 46.5 Å². The van der Waals surface area contributed by atoms with Gasteiger partial charge in [-0.3, -0.25) is 4.79 Å². The average molecular weight is 222 g/mol. The maximum atomic E-state index is 11.0. The second-order valence-electron chi connectivity index (χ2n) is 4.01. The van der Waals surface area contributed by atoms with Crippen molar-refractivity contribution in [3.8, 4) is 0 Å². The zero-order valence-electron chi connectivity index (χ0n) is 9.93. The quantitative estimate of drug-likeness (QED) is 0.832. The van der Waals surface area contributed by atoms with Crippen LogP contribution in [0, 0.1) is 0 Å². The Morgan fingerprint density at radius 2 is 2.00 bits per heavy atom. The molecule has 1 aromatic carbocycles. The van der Waals surface area contributed by atoms with Gasteiger partial charge in [0.15, 0.2) is 0 Å². The maximum Gasteiger partial charge on any atom is 0.310 e. The van der Waals surface area contributed by atoms with E-state index in [1.807, 2.05) is 31.2 Å². The van der Waals surface area contributed by atoms with E-state index in [1.54, 1.807) is 14.0 Å². The summed E-state index contributed by atoms with van der Waals surface area (Å²) in [5, 5.41) is 9.02. The fraction of sp³-hybridized carbons (Fsp3) is 0.462. The van der Waals surface area contributed by atoms with Gasteiger partial charge < -0.3 is 9.84 Å². The predicted molar refractivity (Wildman–Crippen MR) is 62.7 cm³/mol. The first-order chi connectivity index (χ1) is 7.56. The minimum Gasteiger partial charge on any atom is -0.481 e. The molecule has 1 rings (SSSR count). The highest BCUT2D eigenvalue weighted by atomic mass is 16.5. The molecule has 0 aliphatic heterocycles. The number of rotatable bonds is 5. The molecule has 2 unspecified atom stereocenters. The lowest BCUT2D eigenvalue weighted by molar-refractivity contribution is -0.138. The lowest BCUT2D eigenvalue weighted by Gasteiger charge is -2.15. The van der Waals surface area contributed by atoms with Gasteiger partial charge in [-0.1, -0.05) is 24.3 Å². The van der Waals surface area contributed by atoms with E-state index in [4.69, 9.17) is 9.84 Å². The Labute approximate surface area is 96.1 Å². The van der Waals surface area contributed by atoms with Gasteiger partial charge in [0, 0.05) is 7.11 Å². The minimum atomic E-state index is -0.794. The molecule has 16 heavy (non-hydrogen) atoms. The first-order valence-corrected chi connectivity index (χ1v) is 5.39. The van der Waals surface area contributed by atoms with Gasteiger partial charge in [0.05, 0.1) is 12.0 Å². The van der Waals surface area contributed by atoms with E-state index in [0.717, 1.165) is 17.5 Å². The molecule has 0 aromatic heterocycles. The van der Waals surface area contributed by atoms with Crippen molar-refractivity contribution in [3.05, 3.63) is 35.4 Å². The summed E-state index contributed by atoms with van der Waals surface area (Å²) >= 11 is 0. The molecule has 1 N–H and O–H groups in total. The molecule has 1 aromatic rings. The molecule has 0 aliphatic carbocycles. The van der Waals surface area contributed by atoms with Gasteiger partial charge in [-0.25, -0.2) is 0 Å². The van der Waals surface area contributed by atoms with Crippen LogP contribution in [-0.4, -0.2) is 24.3 Å². The number of carbonyl (C=O) groups is 1. The fourth-order valence-corrected chi connectivity index (χ4v) is 1.67. The van der Waals surface area contributed by atoms with Gasteiger partial charge in [-0.15, -0.1) is 0 Å². The van der Waals surface area contributed by atoms with Crippen molar-refractivity contribution < 1.29 is 14.6 Å². The van der Waals surface area contributed by atoms with E-state index < -0.39 is 11.9 Å². The summed E-state index contributed by atoms with van der Waals surface area (Å²) in [7, 11) is 1.66. The second-order valence-corrected chi connectivity index (χ2v) is 4.01. The molecule has 0 spiro atoms. The first-order valence-electron chi connectivity index (χ1n) is 5.39. The van der Waals surface area contributed by atoms with Gasteiger partial charge in [0.2, 0.25) is 0 Å². The number of ether oxygens (including phenoxy) is 1. The molecular weight excluding hydrogens is 204 g/mol. The highest BCUT2D eigenvalue weighted by Gasteiger charge is 2.17. The Bertz CT molecular complexity index is 360. The average Bonchev–Trinajstić information content (AvgIpc) is 2.28. The van der Waals surface area contributed by atoms with Crippen LogP contribution in [0.25, 0.3) is 0 Å². The molecule has 0 amide bonds. The first kappa shape index (κ1) is 12.7. The highest BCUT2D eigenvalue weighted by Crippen LogP contribution is 2.21. The van der Waals surface area contributed by atoms with Gasteiger partial charge in [0.25, 0.3) is 0 Å². The summed E-state index contributed by atoms with van der Waals surface area (Å²) in [6.45, 7) is 3.68. The number of hydrogen-bond acceptors (Lipinski definition) is 2. The third-order valence-electron chi connectivity index (χ3n) is 2.80. The molecule has 0 heterocycles. The van der Waals surface area contributed by atoms with Crippen LogP contribution >= 0.6 is 0 Å². The van der Waals surface area contributed by atoms with E-state index in [-0.39, 0.29) is 6.10 Å². The smallest absolute Gasteiger partial charge is 0.310 e. The standard InChI is InChI=1S/C13H18O3/c1-9(16-3)8-11-6-4-5-7-12(11)10(2)13(14)15/h4-7,9-10H,8H2,1-3H3,(H,14,15). The Balaban J connectivity index is 2.95. The number of aliphatic carboxylic acids is 1. The number of carboxylic acids is 1. The summed E-state index contributed by atoms with van der Waals surface area (Å²) in [6.07, 6.45) is 0.840. The van der Waals surface area contributed by atoms with E-state index in [9.17, 15) is 4.79 Å². The predicted octanol–water partition coefficient (Wildman–Crippen LogP) is 2.45. The molecule has 3 heteroatoms. The lowest BCUT2D eigenvalue weighted by Crippen LogP contribution is -2.14. The monoisotopic (exact) mass is 222 g/mol. The molecule has 0 radical (unpaired) electrons. The van der Waals surface area contributed by atoms with Crippen LogP contribution in [0.5, 0.6) is 0 Å². The second kappa shape index (κ2) is 5.66. The SMILES string of the molecule is COC(C)Cc1ccccc1C(C)C(=O)O. The van der Waals surface area contributed by atoms with Crippen LogP contribution in [-0.2, 0) is 16.0 Å². The third-order valence-corrected chi connectivity index (χ3v) is 2.80. The van der Waals surface area contributed by atoms with Crippen LogP contribution in [0.3, 0.4) is 0 Å². The van der Waals surface area contributed by atoms with Crippen molar-refractivity contribution in [2.45, 2.75) is 32.3 Å². The summed E-state index contributed by atoms with van der Waals surface area (Å²) in [6, 6.07) is 7.63. The Morgan fingerprint density at radius 3 is 2.56 bits per heavy atom. The number of hydrogen-bond donors (Lipinski definition) is 1. The molecule has 2 atom stereocenters. The van der Waals surface area contributed by atoms with Crippen LogP contribution in [0.2, 0.25) is 0 Å². The molecule has 0 aliphatic rings. The molecule has 0 fully saturated rings. The van der Waals surface area contributed by atoms with Gasteiger partial charge in [0.1, 0.15) is 0 Å². The Kier molecular flexibility index (Phi) is 4.50. The fourth-order valence-electron chi connectivity index (χ4n) is 1.67. The van der Waals surface area contributed by atoms with Crippen molar-refractivity contribution in [1.29, 1.82) is 0 Å². The lowest BCUT2D eigenvalue weighted by atomic mass is 9.93. The van der Waals surface area contributed by atoms with E-state index in [1.165, 1.54) is 0 Å². The zero-order valence-corrected chi connectivity index (χ0v) is 9.93. The molecule has 0 saturated heterocycles. The summed E-state index contributed by atoms with van der Waals surface area (Å²) < 4.78 is 5.20. The molecular formula is C13H18O3. The van der Waals surface area contributed by atoms with Gasteiger partial charge in [-0.2, -0.15) is 0 Å². The molecule has 0 saturated carbocycles. The summed E-state index contributed by atoms with van der Waals surface area (Å²) in [4.78, 5) is 11.0. The Morgan fingerprint density at radius 1 is 1.38 bits per heavy atom. The zero-order chi connectivity index (χ0) is 12.1. The summed E-state index contributed by atoms with van der Waals surface area (Å²) in [5.74, 6) is -1.27. The van der Waals surface area contributed by atoms with Crippen molar-refractivity contribution in [2.24, 2.45) is 0 Å². The van der Waals surface area contributed by atoms with E-state index in [0.29, 0.717) is 0 Å². The number of benzene rings is 1. The Hall–Kier alpha value is -1.35.